The van der Waals surface area contributed by atoms with Crippen molar-refractivity contribution in [2.45, 2.75) is 48.0 Å². The van der Waals surface area contributed by atoms with Crippen molar-refractivity contribution in [2.75, 3.05) is 0 Å². The summed E-state index contributed by atoms with van der Waals surface area (Å²) in [6.45, 7) is 5.02. The summed E-state index contributed by atoms with van der Waals surface area (Å²) in [6, 6.07) is 12.1. The van der Waals surface area contributed by atoms with Crippen molar-refractivity contribution in [3.05, 3.63) is 64.1 Å². The van der Waals surface area contributed by atoms with Gasteiger partial charge in [0.05, 0.1) is 4.90 Å². The molecule has 30 heavy (non-hydrogen) atoms. The highest BCUT2D eigenvalue weighted by Gasteiger charge is 2.73. The summed E-state index contributed by atoms with van der Waals surface area (Å²) in [7, 11) is -3.99. The Morgan fingerprint density at radius 2 is 1.53 bits per heavy atom. The van der Waals surface area contributed by atoms with Crippen LogP contribution < -0.4 is 5.32 Å². The Hall–Kier alpha value is -2.09. The fourth-order valence-electron chi connectivity index (χ4n) is 3.50. The van der Waals surface area contributed by atoms with Crippen molar-refractivity contribution in [1.29, 1.82) is 0 Å². The molecule has 2 aromatic carbocycles. The molecule has 1 saturated carbocycles. The second-order valence-corrected chi connectivity index (χ2v) is 11.1. The van der Waals surface area contributed by atoms with Crippen LogP contribution in [0.25, 0.3) is 0 Å². The van der Waals surface area contributed by atoms with Gasteiger partial charge in [0.1, 0.15) is 22.7 Å². The summed E-state index contributed by atoms with van der Waals surface area (Å²) in [4.78, 5) is 24.6. The molecule has 3 atom stereocenters. The number of sulfone groups is 1. The number of hydrogen-bond acceptors (Lipinski definition) is 5. The van der Waals surface area contributed by atoms with Crippen LogP contribution in [-0.2, 0) is 19.4 Å². The van der Waals surface area contributed by atoms with E-state index in [-0.39, 0.29) is 4.90 Å². The van der Waals surface area contributed by atoms with E-state index in [0.717, 1.165) is 0 Å². The molecule has 1 aliphatic rings. The van der Waals surface area contributed by atoms with Crippen LogP contribution in [0.3, 0.4) is 0 Å². The summed E-state index contributed by atoms with van der Waals surface area (Å²) >= 11 is 11.8. The van der Waals surface area contributed by atoms with Gasteiger partial charge in [-0.15, -0.1) is 0 Å². The Kier molecular flexibility index (Phi) is 5.93. The maximum absolute atomic E-state index is 13.4. The molecule has 1 fully saturated rings. The zero-order chi connectivity index (χ0) is 22.3. The highest BCUT2D eigenvalue weighted by molar-refractivity contribution is 7.92. The lowest BCUT2D eigenvalue weighted by molar-refractivity contribution is -0.110. The molecule has 0 aromatic heterocycles. The largest absolute Gasteiger partial charge is 0.444 e. The fourth-order valence-corrected chi connectivity index (χ4v) is 6.00. The first-order valence-electron chi connectivity index (χ1n) is 9.13. The molecule has 1 N–H and O–H groups in total. The van der Waals surface area contributed by atoms with Gasteiger partial charge in [0, 0.05) is 16.0 Å². The van der Waals surface area contributed by atoms with Crippen molar-refractivity contribution in [2.24, 2.45) is 0 Å². The number of carbonyl (C=O) groups is 2. The van der Waals surface area contributed by atoms with Gasteiger partial charge in [-0.2, -0.15) is 0 Å². The second kappa shape index (κ2) is 7.87. The van der Waals surface area contributed by atoms with Gasteiger partial charge in [-0.3, -0.25) is 0 Å². The highest BCUT2D eigenvalue weighted by atomic mass is 35.5. The van der Waals surface area contributed by atoms with E-state index < -0.39 is 38.2 Å². The molecule has 0 heterocycles. The topological polar surface area (TPSA) is 89.5 Å². The van der Waals surface area contributed by atoms with E-state index in [1.54, 1.807) is 45.0 Å². The number of rotatable bonds is 5. The van der Waals surface area contributed by atoms with E-state index in [1.807, 2.05) is 0 Å². The summed E-state index contributed by atoms with van der Waals surface area (Å²) in [6.07, 6.45) is -0.406. The van der Waals surface area contributed by atoms with Crippen LogP contribution in [-0.4, -0.2) is 37.2 Å². The summed E-state index contributed by atoms with van der Waals surface area (Å²) < 4.78 is 32.0. The Labute approximate surface area is 185 Å². The molecule has 0 unspecified atom stereocenters. The van der Waals surface area contributed by atoms with Crippen LogP contribution in [0.15, 0.2) is 53.4 Å². The average molecular weight is 470 g/mol. The molecule has 1 aliphatic carbocycles. The van der Waals surface area contributed by atoms with Crippen molar-refractivity contribution in [1.82, 2.24) is 5.32 Å². The van der Waals surface area contributed by atoms with E-state index >= 15 is 0 Å². The summed E-state index contributed by atoms with van der Waals surface area (Å²) in [5, 5.41) is 2.14. The predicted molar refractivity (Wildman–Crippen MR) is 115 cm³/mol. The van der Waals surface area contributed by atoms with Crippen LogP contribution in [0.5, 0.6) is 0 Å². The number of hydrogen-bond donors (Lipinski definition) is 1. The summed E-state index contributed by atoms with van der Waals surface area (Å²) in [5.41, 5.74) is -1.93. The number of alkyl carbamates (subject to hydrolysis) is 1. The molecule has 2 aromatic rings. The molecule has 0 saturated heterocycles. The van der Waals surface area contributed by atoms with Crippen LogP contribution in [0.1, 0.15) is 32.3 Å². The lowest BCUT2D eigenvalue weighted by Crippen LogP contribution is -2.45. The molecule has 6 nitrogen and oxygen atoms in total. The number of nitrogens with one attached hydrogen (secondary N) is 1. The van der Waals surface area contributed by atoms with E-state index in [0.29, 0.717) is 21.9 Å². The minimum Gasteiger partial charge on any atom is -0.444 e. The molecule has 3 rings (SSSR count). The van der Waals surface area contributed by atoms with Crippen molar-refractivity contribution < 1.29 is 22.7 Å². The minimum absolute atomic E-state index is 0.00516. The summed E-state index contributed by atoms with van der Waals surface area (Å²) in [5.74, 6) is -0.805. The van der Waals surface area contributed by atoms with Gasteiger partial charge in [-0.05, 0) is 62.7 Å². The van der Waals surface area contributed by atoms with Crippen LogP contribution in [0.4, 0.5) is 4.79 Å². The molecule has 0 spiro atoms. The van der Waals surface area contributed by atoms with Gasteiger partial charge in [0.2, 0.25) is 0 Å². The molecular formula is C21H21Cl2NO5S. The van der Waals surface area contributed by atoms with E-state index in [9.17, 15) is 18.0 Å². The molecular weight excluding hydrogens is 449 g/mol. The molecule has 0 radical (unpaired) electrons. The van der Waals surface area contributed by atoms with Gasteiger partial charge in [0.25, 0.3) is 0 Å². The van der Waals surface area contributed by atoms with E-state index in [1.165, 1.54) is 24.3 Å². The quantitative estimate of drug-likeness (QED) is 0.655. The van der Waals surface area contributed by atoms with Crippen LogP contribution in [0.2, 0.25) is 10.0 Å². The lowest BCUT2D eigenvalue weighted by atomic mass is 10.1. The maximum Gasteiger partial charge on any atom is 0.408 e. The first-order chi connectivity index (χ1) is 13.9. The van der Waals surface area contributed by atoms with Crippen molar-refractivity contribution in [3.63, 3.8) is 0 Å². The van der Waals surface area contributed by atoms with Gasteiger partial charge < -0.3 is 14.8 Å². The monoisotopic (exact) mass is 469 g/mol. The molecule has 160 valence electrons. The SMILES string of the molecule is CC(C)(C)OC(=O)N[C@]1(C=O)[C@@H](c2ccc(Cl)cc2)[C@@H]1S(=O)(=O)c1ccc(Cl)cc1. The lowest BCUT2D eigenvalue weighted by Gasteiger charge is -2.22. The number of carbonyl (C=O) groups excluding carboxylic acids is 2. The fraction of sp³-hybridized carbons (Fsp3) is 0.333. The molecule has 1 amide bonds. The Morgan fingerprint density at radius 1 is 1.03 bits per heavy atom. The number of benzene rings is 2. The average Bonchev–Trinajstić information content (AvgIpc) is 3.30. The molecule has 0 aliphatic heterocycles. The standard InChI is InChI=1S/C21H21Cl2NO5S/c1-20(2,3)29-19(26)24-21(12-25)17(13-4-6-14(22)7-5-13)18(21)30(27,28)16-10-8-15(23)9-11-16/h4-12,17-18H,1-3H3,(H,24,26)/t17-,18-,21+/m0/s1. The number of ether oxygens (including phenoxy) is 1. The molecule has 0 bridgehead atoms. The first-order valence-corrected chi connectivity index (χ1v) is 11.4. The maximum atomic E-state index is 13.4. The van der Waals surface area contributed by atoms with E-state index in [2.05, 4.69) is 5.32 Å². The number of halogens is 2. The third kappa shape index (κ3) is 4.33. The van der Waals surface area contributed by atoms with Crippen molar-refractivity contribution in [3.8, 4) is 0 Å². The Morgan fingerprint density at radius 3 is 2.00 bits per heavy atom. The third-order valence-electron chi connectivity index (χ3n) is 4.80. The molecule has 9 heteroatoms. The zero-order valence-electron chi connectivity index (χ0n) is 16.6. The Bertz CT molecular complexity index is 1060. The number of aldehydes is 1. The van der Waals surface area contributed by atoms with Gasteiger partial charge in [-0.1, -0.05) is 35.3 Å². The van der Waals surface area contributed by atoms with Crippen LogP contribution in [0, 0.1) is 0 Å². The second-order valence-electron chi connectivity index (χ2n) is 8.13. The highest BCUT2D eigenvalue weighted by Crippen LogP contribution is 2.56. The minimum atomic E-state index is -3.99. The van der Waals surface area contributed by atoms with Gasteiger partial charge in [0.15, 0.2) is 9.84 Å². The van der Waals surface area contributed by atoms with Crippen LogP contribution >= 0.6 is 23.2 Å². The first kappa shape index (κ1) is 22.6. The van der Waals surface area contributed by atoms with E-state index in [4.69, 9.17) is 27.9 Å². The zero-order valence-corrected chi connectivity index (χ0v) is 18.9. The Balaban J connectivity index is 2.04. The normalized spacial score (nSPS) is 23.5. The number of amides is 1. The van der Waals surface area contributed by atoms with Gasteiger partial charge in [-0.25, -0.2) is 13.2 Å². The van der Waals surface area contributed by atoms with Crippen molar-refractivity contribution >= 4 is 45.4 Å². The third-order valence-corrected chi connectivity index (χ3v) is 7.56. The van der Waals surface area contributed by atoms with Gasteiger partial charge >= 0.3 is 6.09 Å². The smallest absolute Gasteiger partial charge is 0.408 e. The predicted octanol–water partition coefficient (Wildman–Crippen LogP) is 4.40.